The van der Waals surface area contributed by atoms with Gasteiger partial charge in [-0.3, -0.25) is 0 Å². The van der Waals surface area contributed by atoms with Crippen LogP contribution in [0.15, 0.2) is 23.1 Å². The fourth-order valence-corrected chi connectivity index (χ4v) is 3.49. The van der Waals surface area contributed by atoms with Gasteiger partial charge in [0, 0.05) is 23.3 Å². The number of nitrogens with one attached hydrogen (secondary N) is 1. The number of aliphatic hydroxyl groups excluding tert-OH is 2. The smallest absolute Gasteiger partial charge is 0.0944 e. The van der Waals surface area contributed by atoms with Crippen LogP contribution in [0.4, 0.5) is 0 Å². The van der Waals surface area contributed by atoms with Gasteiger partial charge in [0.15, 0.2) is 0 Å². The number of benzene rings is 1. The summed E-state index contributed by atoms with van der Waals surface area (Å²) in [4.78, 5) is 1.30. The lowest BCUT2D eigenvalue weighted by atomic mass is 9.98. The standard InChI is InChI=1S/C14H21NO2S/c1-2-15-12(5-7-16)14(17)11-4-3-10-6-8-18-13(10)9-11/h3-4,9,12,14-17H,2,5-8H2,1H3. The summed E-state index contributed by atoms with van der Waals surface area (Å²) in [7, 11) is 0. The molecular weight excluding hydrogens is 246 g/mol. The van der Waals surface area contributed by atoms with Crippen molar-refractivity contribution >= 4 is 11.8 Å². The monoisotopic (exact) mass is 267 g/mol. The highest BCUT2D eigenvalue weighted by Crippen LogP contribution is 2.33. The molecular formula is C14H21NO2S. The summed E-state index contributed by atoms with van der Waals surface area (Å²) >= 11 is 1.86. The number of aliphatic hydroxyl groups is 2. The van der Waals surface area contributed by atoms with Crippen LogP contribution in [-0.4, -0.2) is 35.2 Å². The first-order chi connectivity index (χ1) is 8.76. The first-order valence-electron chi connectivity index (χ1n) is 6.54. The molecule has 0 amide bonds. The summed E-state index contributed by atoms with van der Waals surface area (Å²) in [5, 5.41) is 22.7. The van der Waals surface area contributed by atoms with Crippen molar-refractivity contribution in [2.24, 2.45) is 0 Å². The molecule has 18 heavy (non-hydrogen) atoms. The van der Waals surface area contributed by atoms with Crippen LogP contribution in [0.5, 0.6) is 0 Å². The molecule has 2 unspecified atom stereocenters. The quantitative estimate of drug-likeness (QED) is 0.735. The summed E-state index contributed by atoms with van der Waals surface area (Å²) in [6, 6.07) is 6.15. The molecule has 1 aromatic carbocycles. The van der Waals surface area contributed by atoms with Gasteiger partial charge in [0.05, 0.1) is 6.10 Å². The minimum absolute atomic E-state index is 0.0792. The third-order valence-corrected chi connectivity index (χ3v) is 4.45. The number of hydrogen-bond acceptors (Lipinski definition) is 4. The molecule has 0 radical (unpaired) electrons. The number of rotatable bonds is 6. The summed E-state index contributed by atoms with van der Waals surface area (Å²) in [6.07, 6.45) is 1.15. The maximum absolute atomic E-state index is 10.4. The second-order valence-electron chi connectivity index (χ2n) is 4.59. The predicted octanol–water partition coefficient (Wildman–Crippen LogP) is 1.73. The predicted molar refractivity (Wildman–Crippen MR) is 75.0 cm³/mol. The largest absolute Gasteiger partial charge is 0.396 e. The second kappa shape index (κ2) is 6.57. The first kappa shape index (κ1) is 13.9. The van der Waals surface area contributed by atoms with Gasteiger partial charge in [0.2, 0.25) is 0 Å². The fraction of sp³-hybridized carbons (Fsp3) is 0.571. The Kier molecular flexibility index (Phi) is 5.06. The molecule has 0 aromatic heterocycles. The molecule has 3 nitrogen and oxygen atoms in total. The van der Waals surface area contributed by atoms with Crippen molar-refractivity contribution in [3.05, 3.63) is 29.3 Å². The summed E-state index contributed by atoms with van der Waals surface area (Å²) in [5.74, 6) is 1.14. The highest BCUT2D eigenvalue weighted by atomic mass is 32.2. The molecule has 0 saturated carbocycles. The molecule has 1 aliphatic rings. The van der Waals surface area contributed by atoms with E-state index in [0.717, 1.165) is 24.3 Å². The van der Waals surface area contributed by atoms with Crippen LogP contribution in [0.3, 0.4) is 0 Å². The van der Waals surface area contributed by atoms with Crippen LogP contribution >= 0.6 is 11.8 Å². The SMILES string of the molecule is CCNC(CCO)C(O)c1ccc2c(c1)SCC2. The molecule has 4 heteroatoms. The van der Waals surface area contributed by atoms with E-state index in [-0.39, 0.29) is 12.6 Å². The number of likely N-dealkylation sites (N-methyl/N-ethyl adjacent to an activating group) is 1. The van der Waals surface area contributed by atoms with Crippen LogP contribution in [0.25, 0.3) is 0 Å². The van der Waals surface area contributed by atoms with Gasteiger partial charge in [-0.25, -0.2) is 0 Å². The minimum Gasteiger partial charge on any atom is -0.396 e. The molecule has 0 fully saturated rings. The normalized spacial score (nSPS) is 17.5. The topological polar surface area (TPSA) is 52.5 Å². The molecule has 0 saturated heterocycles. The average molecular weight is 267 g/mol. The van der Waals surface area contributed by atoms with E-state index < -0.39 is 6.10 Å². The molecule has 0 aliphatic carbocycles. The zero-order chi connectivity index (χ0) is 13.0. The van der Waals surface area contributed by atoms with Crippen molar-refractivity contribution in [2.45, 2.75) is 36.8 Å². The van der Waals surface area contributed by atoms with E-state index in [2.05, 4.69) is 17.4 Å². The minimum atomic E-state index is -0.552. The van der Waals surface area contributed by atoms with E-state index in [4.69, 9.17) is 5.11 Å². The summed E-state index contributed by atoms with van der Waals surface area (Å²) in [6.45, 7) is 2.89. The lowest BCUT2D eigenvalue weighted by Gasteiger charge is -2.23. The molecule has 1 aromatic rings. The zero-order valence-electron chi connectivity index (χ0n) is 10.7. The molecule has 100 valence electrons. The van der Waals surface area contributed by atoms with Crippen molar-refractivity contribution in [3.63, 3.8) is 0 Å². The van der Waals surface area contributed by atoms with Gasteiger partial charge in [0.1, 0.15) is 0 Å². The Balaban J connectivity index is 2.13. The van der Waals surface area contributed by atoms with E-state index in [1.54, 1.807) is 0 Å². The molecule has 0 bridgehead atoms. The van der Waals surface area contributed by atoms with Crippen molar-refractivity contribution in [1.29, 1.82) is 0 Å². The zero-order valence-corrected chi connectivity index (χ0v) is 11.5. The fourth-order valence-electron chi connectivity index (χ4n) is 2.37. The van der Waals surface area contributed by atoms with Crippen LogP contribution < -0.4 is 5.32 Å². The number of aryl methyl sites for hydroxylation is 1. The Labute approximate surface area is 113 Å². The van der Waals surface area contributed by atoms with Gasteiger partial charge in [-0.1, -0.05) is 19.1 Å². The second-order valence-corrected chi connectivity index (χ2v) is 5.72. The van der Waals surface area contributed by atoms with E-state index >= 15 is 0 Å². The van der Waals surface area contributed by atoms with Crippen molar-refractivity contribution < 1.29 is 10.2 Å². The lowest BCUT2D eigenvalue weighted by Crippen LogP contribution is -2.35. The van der Waals surface area contributed by atoms with Crippen LogP contribution in [-0.2, 0) is 6.42 Å². The van der Waals surface area contributed by atoms with Gasteiger partial charge in [0.25, 0.3) is 0 Å². The molecule has 2 rings (SSSR count). The molecule has 1 aliphatic heterocycles. The number of thioether (sulfide) groups is 1. The first-order valence-corrected chi connectivity index (χ1v) is 7.52. The average Bonchev–Trinajstić information content (AvgIpc) is 2.84. The number of hydrogen-bond donors (Lipinski definition) is 3. The molecule has 3 N–H and O–H groups in total. The van der Waals surface area contributed by atoms with Gasteiger partial charge in [-0.05, 0) is 36.6 Å². The van der Waals surface area contributed by atoms with E-state index in [9.17, 15) is 5.11 Å². The Hall–Kier alpha value is -0.550. The maximum Gasteiger partial charge on any atom is 0.0944 e. The van der Waals surface area contributed by atoms with Gasteiger partial charge in [-0.15, -0.1) is 11.8 Å². The third-order valence-electron chi connectivity index (χ3n) is 3.35. The summed E-state index contributed by atoms with van der Waals surface area (Å²) in [5.41, 5.74) is 2.33. The lowest BCUT2D eigenvalue weighted by molar-refractivity contribution is 0.111. The van der Waals surface area contributed by atoms with Crippen LogP contribution in [0.1, 0.15) is 30.6 Å². The summed E-state index contributed by atoms with van der Waals surface area (Å²) < 4.78 is 0. The van der Waals surface area contributed by atoms with Crippen LogP contribution in [0.2, 0.25) is 0 Å². The van der Waals surface area contributed by atoms with Crippen LogP contribution in [0, 0.1) is 0 Å². The molecule has 2 atom stereocenters. The molecule has 1 heterocycles. The third kappa shape index (κ3) is 3.06. The Morgan fingerprint density at radius 2 is 2.28 bits per heavy atom. The van der Waals surface area contributed by atoms with E-state index in [1.165, 1.54) is 10.5 Å². The molecule has 0 spiro atoms. The number of fused-ring (bicyclic) bond motifs is 1. The van der Waals surface area contributed by atoms with Gasteiger partial charge >= 0.3 is 0 Å². The Morgan fingerprint density at radius 3 is 3.00 bits per heavy atom. The Morgan fingerprint density at radius 1 is 1.44 bits per heavy atom. The van der Waals surface area contributed by atoms with Crippen molar-refractivity contribution in [3.8, 4) is 0 Å². The van der Waals surface area contributed by atoms with E-state index in [1.807, 2.05) is 24.8 Å². The Bertz CT molecular complexity index is 391. The maximum atomic E-state index is 10.4. The van der Waals surface area contributed by atoms with Gasteiger partial charge < -0.3 is 15.5 Å². The van der Waals surface area contributed by atoms with Gasteiger partial charge in [-0.2, -0.15) is 0 Å². The van der Waals surface area contributed by atoms with Crippen molar-refractivity contribution in [2.75, 3.05) is 18.9 Å². The van der Waals surface area contributed by atoms with Crippen molar-refractivity contribution in [1.82, 2.24) is 5.32 Å². The van der Waals surface area contributed by atoms with E-state index in [0.29, 0.717) is 6.42 Å². The highest BCUT2D eigenvalue weighted by Gasteiger charge is 2.21. The highest BCUT2D eigenvalue weighted by molar-refractivity contribution is 7.99.